The molecule has 0 bridgehead atoms. The third kappa shape index (κ3) is 8.03. The van der Waals surface area contributed by atoms with Gasteiger partial charge in [-0.05, 0) is 26.7 Å². The Labute approximate surface area is 148 Å². The van der Waals surface area contributed by atoms with Crippen molar-refractivity contribution in [3.63, 3.8) is 0 Å². The lowest BCUT2D eigenvalue weighted by molar-refractivity contribution is 0.219. The molecule has 0 amide bonds. The van der Waals surface area contributed by atoms with Crippen LogP contribution in [0.1, 0.15) is 52.4 Å². The fourth-order valence-electron chi connectivity index (χ4n) is 2.61. The molecule has 0 aliphatic carbocycles. The number of nitrogens with zero attached hydrogens (tertiary/aromatic N) is 1. The van der Waals surface area contributed by atoms with Gasteiger partial charge in [0, 0.05) is 12.6 Å². The summed E-state index contributed by atoms with van der Waals surface area (Å²) in [7, 11) is -2.92. The topological polar surface area (TPSA) is 116 Å². The first kappa shape index (κ1) is 21.7. The zero-order chi connectivity index (χ0) is 18.7. The Morgan fingerprint density at radius 3 is 2.16 bits per heavy atom. The van der Waals surface area contributed by atoms with Gasteiger partial charge < -0.3 is 14.8 Å². The van der Waals surface area contributed by atoms with E-state index in [4.69, 9.17) is 14.8 Å². The highest BCUT2D eigenvalue weighted by Gasteiger charge is 2.22. The van der Waals surface area contributed by atoms with E-state index in [0.29, 0.717) is 25.9 Å². The van der Waals surface area contributed by atoms with Gasteiger partial charge in [0.25, 0.3) is 5.56 Å². The van der Waals surface area contributed by atoms with Crippen LogP contribution < -0.4 is 17.0 Å². The van der Waals surface area contributed by atoms with Gasteiger partial charge in [0.15, 0.2) is 0 Å². The SMILES string of the molecule is CCOP(=O)(CCCCCCCCn1c(N)cc(=O)[nH]c1=O)OCC. The summed E-state index contributed by atoms with van der Waals surface area (Å²) in [5, 5.41) is 0. The fraction of sp³-hybridized carbons (Fsp3) is 0.750. The summed E-state index contributed by atoms with van der Waals surface area (Å²) in [6.07, 6.45) is 6.04. The first-order valence-corrected chi connectivity index (χ1v) is 10.6. The predicted octanol–water partition coefficient (Wildman–Crippen LogP) is 2.73. The second kappa shape index (κ2) is 11.3. The zero-order valence-corrected chi connectivity index (χ0v) is 16.1. The standard InChI is InChI=1S/C16H30N3O5P/c1-3-23-25(22,24-4-2)12-10-8-6-5-7-9-11-19-14(17)13-15(20)18-16(19)21/h13H,3-12,17H2,1-2H3,(H,18,20,21). The zero-order valence-electron chi connectivity index (χ0n) is 15.2. The molecular weight excluding hydrogens is 345 g/mol. The van der Waals surface area contributed by atoms with Crippen LogP contribution in [0.25, 0.3) is 0 Å². The monoisotopic (exact) mass is 375 g/mol. The smallest absolute Gasteiger partial charge is 0.330 e. The van der Waals surface area contributed by atoms with Gasteiger partial charge in [0.1, 0.15) is 5.82 Å². The van der Waals surface area contributed by atoms with Crippen molar-refractivity contribution >= 4 is 13.4 Å². The van der Waals surface area contributed by atoms with Crippen LogP contribution in [0.2, 0.25) is 0 Å². The van der Waals surface area contributed by atoms with E-state index < -0.39 is 18.8 Å². The molecule has 0 fully saturated rings. The van der Waals surface area contributed by atoms with Crippen molar-refractivity contribution in [2.24, 2.45) is 0 Å². The van der Waals surface area contributed by atoms with Gasteiger partial charge in [-0.3, -0.25) is 18.9 Å². The summed E-state index contributed by atoms with van der Waals surface area (Å²) in [6, 6.07) is 1.22. The lowest BCUT2D eigenvalue weighted by Gasteiger charge is -2.16. The van der Waals surface area contributed by atoms with Gasteiger partial charge in [0.05, 0.1) is 19.4 Å². The molecule has 0 saturated heterocycles. The quantitative estimate of drug-likeness (QED) is 0.404. The molecule has 0 radical (unpaired) electrons. The highest BCUT2D eigenvalue weighted by molar-refractivity contribution is 7.53. The van der Waals surface area contributed by atoms with Crippen molar-refractivity contribution in [3.05, 3.63) is 26.9 Å². The molecule has 1 heterocycles. The van der Waals surface area contributed by atoms with Crippen molar-refractivity contribution in [2.45, 2.75) is 58.9 Å². The average Bonchev–Trinajstić information content (AvgIpc) is 2.52. The lowest BCUT2D eigenvalue weighted by atomic mass is 10.1. The summed E-state index contributed by atoms with van der Waals surface area (Å²) < 4.78 is 24.2. The van der Waals surface area contributed by atoms with Crippen molar-refractivity contribution in [1.82, 2.24) is 9.55 Å². The normalized spacial score (nSPS) is 11.8. The molecule has 8 nitrogen and oxygen atoms in total. The van der Waals surface area contributed by atoms with Crippen LogP contribution in [-0.4, -0.2) is 28.9 Å². The highest BCUT2D eigenvalue weighted by Crippen LogP contribution is 2.48. The van der Waals surface area contributed by atoms with Crippen LogP contribution in [0.5, 0.6) is 0 Å². The van der Waals surface area contributed by atoms with Gasteiger partial charge in [-0.25, -0.2) is 4.79 Å². The van der Waals surface area contributed by atoms with Crippen molar-refractivity contribution < 1.29 is 13.6 Å². The molecule has 0 atom stereocenters. The molecule has 0 spiro atoms. The van der Waals surface area contributed by atoms with Crippen LogP contribution >= 0.6 is 7.60 Å². The molecule has 144 valence electrons. The second-order valence-electron chi connectivity index (χ2n) is 5.81. The molecule has 0 aliphatic rings. The van der Waals surface area contributed by atoms with E-state index in [-0.39, 0.29) is 5.82 Å². The third-order valence-electron chi connectivity index (χ3n) is 3.78. The molecule has 1 aromatic rings. The summed E-state index contributed by atoms with van der Waals surface area (Å²) in [5.41, 5.74) is 4.74. The number of rotatable bonds is 13. The van der Waals surface area contributed by atoms with Crippen molar-refractivity contribution in [2.75, 3.05) is 25.1 Å². The van der Waals surface area contributed by atoms with E-state index >= 15 is 0 Å². The highest BCUT2D eigenvalue weighted by atomic mass is 31.2. The van der Waals surface area contributed by atoms with E-state index in [1.807, 2.05) is 13.8 Å². The van der Waals surface area contributed by atoms with Gasteiger partial charge in [0.2, 0.25) is 0 Å². The molecule has 1 aromatic heterocycles. The van der Waals surface area contributed by atoms with Gasteiger partial charge in [-0.15, -0.1) is 0 Å². The van der Waals surface area contributed by atoms with Crippen LogP contribution in [0.4, 0.5) is 5.82 Å². The lowest BCUT2D eigenvalue weighted by Crippen LogP contribution is -2.31. The Morgan fingerprint density at radius 2 is 1.60 bits per heavy atom. The largest absolute Gasteiger partial charge is 0.385 e. The Balaban J connectivity index is 2.20. The minimum absolute atomic E-state index is 0.191. The van der Waals surface area contributed by atoms with E-state index in [0.717, 1.165) is 38.5 Å². The number of unbranched alkanes of at least 4 members (excludes halogenated alkanes) is 5. The number of nitrogens with one attached hydrogen (secondary N) is 1. The van der Waals surface area contributed by atoms with Crippen molar-refractivity contribution in [3.8, 4) is 0 Å². The van der Waals surface area contributed by atoms with Crippen LogP contribution in [-0.2, 0) is 20.2 Å². The summed E-state index contributed by atoms with van der Waals surface area (Å²) in [5.74, 6) is 0.191. The molecule has 0 aliphatic heterocycles. The van der Waals surface area contributed by atoms with E-state index in [9.17, 15) is 14.2 Å². The number of aromatic amines is 1. The molecular formula is C16H30N3O5P. The molecule has 25 heavy (non-hydrogen) atoms. The molecule has 0 saturated carbocycles. The maximum atomic E-state index is 12.3. The summed E-state index contributed by atoms with van der Waals surface area (Å²) >= 11 is 0. The number of hydrogen-bond acceptors (Lipinski definition) is 6. The molecule has 9 heteroatoms. The second-order valence-corrected chi connectivity index (χ2v) is 7.99. The Bertz CT molecular complexity index is 660. The number of anilines is 1. The molecule has 0 aromatic carbocycles. The molecule has 1 rings (SSSR count). The third-order valence-corrected chi connectivity index (χ3v) is 5.95. The van der Waals surface area contributed by atoms with Crippen LogP contribution in [0.3, 0.4) is 0 Å². The number of aromatic nitrogens is 2. The van der Waals surface area contributed by atoms with E-state index in [1.54, 1.807) is 0 Å². The van der Waals surface area contributed by atoms with E-state index in [2.05, 4.69) is 4.98 Å². The fourth-order valence-corrected chi connectivity index (χ4v) is 4.34. The van der Waals surface area contributed by atoms with Crippen molar-refractivity contribution in [1.29, 1.82) is 0 Å². The Kier molecular flexibility index (Phi) is 9.78. The number of nitrogen functional groups attached to an aromatic ring is 1. The maximum absolute atomic E-state index is 12.3. The first-order valence-electron chi connectivity index (χ1n) is 8.89. The average molecular weight is 375 g/mol. The van der Waals surface area contributed by atoms with Gasteiger partial charge in [-0.2, -0.15) is 0 Å². The van der Waals surface area contributed by atoms with E-state index in [1.165, 1.54) is 10.6 Å². The predicted molar refractivity (Wildman–Crippen MR) is 99.2 cm³/mol. The van der Waals surface area contributed by atoms with Gasteiger partial charge in [-0.1, -0.05) is 25.7 Å². The minimum Gasteiger partial charge on any atom is -0.385 e. The van der Waals surface area contributed by atoms with Crippen LogP contribution in [0, 0.1) is 0 Å². The summed E-state index contributed by atoms with van der Waals surface area (Å²) in [6.45, 7) is 4.90. The number of H-pyrrole nitrogens is 1. The number of hydrogen-bond donors (Lipinski definition) is 2. The summed E-state index contributed by atoms with van der Waals surface area (Å²) in [4.78, 5) is 25.0. The molecule has 3 N–H and O–H groups in total. The van der Waals surface area contributed by atoms with Crippen LogP contribution in [0.15, 0.2) is 15.7 Å². The Hall–Kier alpha value is -1.37. The first-order chi connectivity index (χ1) is 11.9. The minimum atomic E-state index is -2.92. The molecule has 0 unspecified atom stereocenters. The Morgan fingerprint density at radius 1 is 1.04 bits per heavy atom. The van der Waals surface area contributed by atoms with Gasteiger partial charge >= 0.3 is 13.3 Å². The number of nitrogens with two attached hydrogens (primary N) is 1. The maximum Gasteiger partial charge on any atom is 0.330 e.